The van der Waals surface area contributed by atoms with Gasteiger partial charge in [-0.3, -0.25) is 15.0 Å². The average Bonchev–Trinajstić information content (AvgIpc) is 3.35. The summed E-state index contributed by atoms with van der Waals surface area (Å²) in [6.45, 7) is 2.49. The molecule has 0 bridgehead atoms. The van der Waals surface area contributed by atoms with Gasteiger partial charge in [0.25, 0.3) is 5.91 Å². The summed E-state index contributed by atoms with van der Waals surface area (Å²) in [6, 6.07) is 12.6. The van der Waals surface area contributed by atoms with E-state index < -0.39 is 29.9 Å². The van der Waals surface area contributed by atoms with Gasteiger partial charge in [-0.25, -0.2) is 4.98 Å². The summed E-state index contributed by atoms with van der Waals surface area (Å²) in [5.41, 5.74) is 13.3. The Balaban J connectivity index is 1.88. The number of aromatic nitrogens is 2. The van der Waals surface area contributed by atoms with E-state index in [0.717, 1.165) is 0 Å². The number of amidine groups is 1. The third-order valence-corrected chi connectivity index (χ3v) is 6.79. The lowest BCUT2D eigenvalue weighted by molar-refractivity contribution is -0.131. The summed E-state index contributed by atoms with van der Waals surface area (Å²) in [7, 11) is 0. The number of nitrogens with one attached hydrogen (secondary N) is 3. The van der Waals surface area contributed by atoms with Crippen molar-refractivity contribution >= 4 is 28.7 Å². The van der Waals surface area contributed by atoms with Gasteiger partial charge in [0.2, 0.25) is 5.91 Å². The number of phenolic OH excluding ortho intramolecular Hbond substituents is 2. The maximum Gasteiger partial charge on any atom is 0.251 e. The van der Waals surface area contributed by atoms with E-state index in [0.29, 0.717) is 27.7 Å². The van der Waals surface area contributed by atoms with Crippen molar-refractivity contribution in [1.29, 1.82) is 5.41 Å². The SMILES string of the molecule is CC(C)(C(N)=O)c1cc(-c2nc3ccc(C(=N)N)cc3[nH]2)c(O)c(-c2cc(CNC(=O)C(O)CO)ccc2O)c1. The highest BCUT2D eigenvalue weighted by atomic mass is 16.3. The van der Waals surface area contributed by atoms with Crippen molar-refractivity contribution in [1.82, 2.24) is 15.3 Å². The standard InChI is InChI=1S/C28H30N6O6/c1-28(2,27(31)40)15-9-17(16-7-13(3-6-21(16)36)11-32-26(39)22(37)12-35)23(38)18(10-15)25-33-19-5-4-14(24(29)30)8-20(19)34-25/h3-10,22,35-38H,11-12H2,1-2H3,(H3,29,30)(H2,31,40)(H,32,39)(H,33,34). The second-order valence-corrected chi connectivity index (χ2v) is 9.91. The molecule has 1 heterocycles. The van der Waals surface area contributed by atoms with Gasteiger partial charge in [0, 0.05) is 23.2 Å². The van der Waals surface area contributed by atoms with Crippen molar-refractivity contribution in [2.75, 3.05) is 6.61 Å². The number of primary amides is 1. The molecule has 11 N–H and O–H groups in total. The van der Waals surface area contributed by atoms with Gasteiger partial charge in [-0.1, -0.05) is 6.07 Å². The van der Waals surface area contributed by atoms with Crippen molar-refractivity contribution < 1.29 is 30.0 Å². The minimum Gasteiger partial charge on any atom is -0.507 e. The number of aromatic amines is 1. The first-order valence-electron chi connectivity index (χ1n) is 12.2. The number of rotatable bonds is 9. The molecule has 0 aliphatic carbocycles. The van der Waals surface area contributed by atoms with Crippen molar-refractivity contribution in [3.05, 3.63) is 65.2 Å². The smallest absolute Gasteiger partial charge is 0.251 e. The number of carbonyl (C=O) groups excluding carboxylic acids is 2. The minimum atomic E-state index is -1.58. The van der Waals surface area contributed by atoms with Gasteiger partial charge in [0.15, 0.2) is 6.10 Å². The summed E-state index contributed by atoms with van der Waals surface area (Å²) in [4.78, 5) is 31.9. The van der Waals surface area contributed by atoms with E-state index in [2.05, 4.69) is 15.3 Å². The van der Waals surface area contributed by atoms with Crippen LogP contribution in [0.15, 0.2) is 48.5 Å². The maximum atomic E-state index is 12.4. The molecular formula is C28H30N6O6. The van der Waals surface area contributed by atoms with Gasteiger partial charge in [0.1, 0.15) is 23.2 Å². The zero-order valence-corrected chi connectivity index (χ0v) is 21.8. The molecule has 1 unspecified atom stereocenters. The molecular weight excluding hydrogens is 516 g/mol. The molecule has 2 amide bonds. The zero-order valence-electron chi connectivity index (χ0n) is 21.8. The predicted molar refractivity (Wildman–Crippen MR) is 148 cm³/mol. The van der Waals surface area contributed by atoms with Crippen LogP contribution < -0.4 is 16.8 Å². The lowest BCUT2D eigenvalue weighted by Crippen LogP contribution is -2.36. The molecule has 1 aromatic heterocycles. The number of nitrogens with zero attached hydrogens (tertiary/aromatic N) is 1. The van der Waals surface area contributed by atoms with Crippen molar-refractivity contribution in [2.24, 2.45) is 11.5 Å². The molecule has 3 aromatic carbocycles. The van der Waals surface area contributed by atoms with Crippen LogP contribution >= 0.6 is 0 Å². The van der Waals surface area contributed by atoms with E-state index in [1.807, 2.05) is 0 Å². The van der Waals surface area contributed by atoms with Crippen molar-refractivity contribution in [3.63, 3.8) is 0 Å². The first-order valence-corrected chi connectivity index (χ1v) is 12.2. The van der Waals surface area contributed by atoms with Gasteiger partial charge >= 0.3 is 0 Å². The highest BCUT2D eigenvalue weighted by molar-refractivity contribution is 5.98. The first-order chi connectivity index (χ1) is 18.8. The number of hydrogen-bond acceptors (Lipinski definition) is 8. The van der Waals surface area contributed by atoms with Crippen LogP contribution in [0.5, 0.6) is 11.5 Å². The lowest BCUT2D eigenvalue weighted by atomic mass is 9.81. The Kier molecular flexibility index (Phi) is 7.49. The topological polar surface area (TPSA) is 232 Å². The van der Waals surface area contributed by atoms with Crippen LogP contribution in [0, 0.1) is 5.41 Å². The minimum absolute atomic E-state index is 0.0364. The van der Waals surface area contributed by atoms with Crippen LogP contribution in [0.3, 0.4) is 0 Å². The van der Waals surface area contributed by atoms with Gasteiger partial charge < -0.3 is 42.2 Å². The van der Waals surface area contributed by atoms with E-state index in [1.165, 1.54) is 6.07 Å². The van der Waals surface area contributed by atoms with E-state index >= 15 is 0 Å². The Morgan fingerprint density at radius 3 is 2.40 bits per heavy atom. The molecule has 40 heavy (non-hydrogen) atoms. The highest BCUT2D eigenvalue weighted by Gasteiger charge is 2.30. The third-order valence-electron chi connectivity index (χ3n) is 6.79. The predicted octanol–water partition coefficient (Wildman–Crippen LogP) is 1.32. The molecule has 4 rings (SSSR count). The highest BCUT2D eigenvalue weighted by Crippen LogP contribution is 2.44. The van der Waals surface area contributed by atoms with Gasteiger partial charge in [-0.15, -0.1) is 0 Å². The first kappa shape index (κ1) is 28.1. The zero-order chi connectivity index (χ0) is 29.4. The second kappa shape index (κ2) is 10.7. The number of nitrogen functional groups attached to an aromatic ring is 1. The van der Waals surface area contributed by atoms with Gasteiger partial charge in [-0.05, 0) is 67.4 Å². The molecule has 0 radical (unpaired) electrons. The van der Waals surface area contributed by atoms with E-state index in [-0.39, 0.29) is 46.4 Å². The number of nitrogens with two attached hydrogens (primary N) is 2. The summed E-state index contributed by atoms with van der Waals surface area (Å²) >= 11 is 0. The molecule has 208 valence electrons. The normalized spacial score (nSPS) is 12.3. The van der Waals surface area contributed by atoms with Gasteiger partial charge in [-0.2, -0.15) is 0 Å². The van der Waals surface area contributed by atoms with E-state index in [9.17, 15) is 24.9 Å². The fourth-order valence-electron chi connectivity index (χ4n) is 4.13. The van der Waals surface area contributed by atoms with Crippen LogP contribution in [-0.4, -0.2) is 60.8 Å². The van der Waals surface area contributed by atoms with Crippen molar-refractivity contribution in [2.45, 2.75) is 31.9 Å². The fraction of sp³-hybridized carbons (Fsp3) is 0.214. The van der Waals surface area contributed by atoms with Crippen LogP contribution in [-0.2, 0) is 21.5 Å². The Bertz CT molecular complexity index is 1640. The number of aromatic hydroxyl groups is 2. The van der Waals surface area contributed by atoms with Gasteiger partial charge in [0.05, 0.1) is 28.6 Å². The fourth-order valence-corrected chi connectivity index (χ4v) is 4.13. The van der Waals surface area contributed by atoms with E-state index in [4.69, 9.17) is 22.0 Å². The van der Waals surface area contributed by atoms with Crippen LogP contribution in [0.25, 0.3) is 33.5 Å². The molecule has 0 aliphatic heterocycles. The summed E-state index contributed by atoms with van der Waals surface area (Å²) < 4.78 is 0. The molecule has 0 saturated heterocycles. The molecule has 1 atom stereocenters. The largest absolute Gasteiger partial charge is 0.507 e. The maximum absolute atomic E-state index is 12.4. The number of fused-ring (bicyclic) bond motifs is 1. The van der Waals surface area contributed by atoms with Crippen LogP contribution in [0.2, 0.25) is 0 Å². The number of benzene rings is 3. The molecule has 0 spiro atoms. The van der Waals surface area contributed by atoms with Crippen molar-refractivity contribution in [3.8, 4) is 34.0 Å². The quantitative estimate of drug-likeness (QED) is 0.109. The molecule has 0 fully saturated rings. The monoisotopic (exact) mass is 546 g/mol. The number of carbonyl (C=O) groups is 2. The van der Waals surface area contributed by atoms with Crippen LogP contribution in [0.4, 0.5) is 0 Å². The number of H-pyrrole nitrogens is 1. The molecule has 0 saturated carbocycles. The number of hydrogen-bond donors (Lipinski definition) is 9. The summed E-state index contributed by atoms with van der Waals surface area (Å²) in [6.07, 6.45) is -1.58. The number of aliphatic hydroxyl groups is 2. The summed E-state index contributed by atoms with van der Waals surface area (Å²) in [5.74, 6) is -1.68. The Morgan fingerprint density at radius 1 is 1.05 bits per heavy atom. The molecule has 12 heteroatoms. The second-order valence-electron chi connectivity index (χ2n) is 9.91. The lowest BCUT2D eigenvalue weighted by Gasteiger charge is -2.24. The average molecular weight is 547 g/mol. The third kappa shape index (κ3) is 5.30. The summed E-state index contributed by atoms with van der Waals surface area (Å²) in [5, 5.41) is 50.9. The number of aliphatic hydroxyl groups excluding tert-OH is 2. The number of amides is 2. The number of imidazole rings is 1. The Labute approximate surface area is 228 Å². The van der Waals surface area contributed by atoms with E-state index in [1.54, 1.807) is 56.3 Å². The molecule has 0 aliphatic rings. The van der Waals surface area contributed by atoms with Crippen LogP contribution in [0.1, 0.15) is 30.5 Å². The Morgan fingerprint density at radius 2 is 1.75 bits per heavy atom. The number of phenols is 2. The Hall–Kier alpha value is -4.94. The molecule has 12 nitrogen and oxygen atoms in total. The molecule has 4 aromatic rings.